The molecule has 0 atom stereocenters. The zero-order valence-corrected chi connectivity index (χ0v) is 16.8. The fraction of sp³-hybridized carbons (Fsp3) is 0.556. The van der Waals surface area contributed by atoms with Gasteiger partial charge < -0.3 is 29.3 Å². The number of amides is 2. The predicted molar refractivity (Wildman–Crippen MR) is 104 cm³/mol. The van der Waals surface area contributed by atoms with Gasteiger partial charge in [-0.15, -0.1) is 12.4 Å². The third kappa shape index (κ3) is 6.57. The van der Waals surface area contributed by atoms with Crippen molar-refractivity contribution in [2.75, 3.05) is 67.2 Å². The molecule has 2 amide bonds. The summed E-state index contributed by atoms with van der Waals surface area (Å²) in [6.45, 7) is 3.54. The van der Waals surface area contributed by atoms with Crippen molar-refractivity contribution in [1.82, 2.24) is 15.1 Å². The summed E-state index contributed by atoms with van der Waals surface area (Å²) >= 11 is 0. The molecule has 27 heavy (non-hydrogen) atoms. The summed E-state index contributed by atoms with van der Waals surface area (Å²) in [6, 6.07) is 5.12. The molecule has 9 heteroatoms. The second-order valence-electron chi connectivity index (χ2n) is 5.94. The zero-order chi connectivity index (χ0) is 18.9. The molecule has 0 saturated carbocycles. The molecule has 0 bridgehead atoms. The Kier molecular flexibility index (Phi) is 9.92. The standard InChI is InChI=1S/C18H27N3O5.ClH/c1-24-9-4-19-13-17(22)20-5-7-21(8-6-20)18(23)14-10-15(25-2)12-16(11-14)26-3;/h10-12,19H,4-9,13H2,1-3H3;1H. The SMILES string of the molecule is COCCNCC(=O)N1CCN(C(=O)c2cc(OC)cc(OC)c2)CC1.Cl. The number of nitrogens with zero attached hydrogens (tertiary/aromatic N) is 2. The summed E-state index contributed by atoms with van der Waals surface area (Å²) in [7, 11) is 4.72. The van der Waals surface area contributed by atoms with Gasteiger partial charge in [0.2, 0.25) is 5.91 Å². The average Bonchev–Trinajstić information content (AvgIpc) is 2.70. The summed E-state index contributed by atoms with van der Waals surface area (Å²) < 4.78 is 15.4. The van der Waals surface area contributed by atoms with E-state index in [1.165, 1.54) is 0 Å². The van der Waals surface area contributed by atoms with Crippen molar-refractivity contribution in [1.29, 1.82) is 0 Å². The number of rotatable bonds is 8. The van der Waals surface area contributed by atoms with Crippen molar-refractivity contribution in [3.05, 3.63) is 23.8 Å². The minimum Gasteiger partial charge on any atom is -0.497 e. The highest BCUT2D eigenvalue weighted by atomic mass is 35.5. The van der Waals surface area contributed by atoms with Crippen LogP contribution < -0.4 is 14.8 Å². The van der Waals surface area contributed by atoms with Crippen LogP contribution >= 0.6 is 12.4 Å². The van der Waals surface area contributed by atoms with Crippen LogP contribution in [0.4, 0.5) is 0 Å². The zero-order valence-electron chi connectivity index (χ0n) is 16.0. The molecule has 0 aromatic heterocycles. The predicted octanol–water partition coefficient (Wildman–Crippen LogP) is 0.646. The summed E-state index contributed by atoms with van der Waals surface area (Å²) in [6.07, 6.45) is 0. The summed E-state index contributed by atoms with van der Waals surface area (Å²) in [4.78, 5) is 28.4. The second kappa shape index (κ2) is 11.6. The van der Waals surface area contributed by atoms with Gasteiger partial charge in [-0.1, -0.05) is 0 Å². The highest BCUT2D eigenvalue weighted by Gasteiger charge is 2.25. The van der Waals surface area contributed by atoms with Gasteiger partial charge in [0.05, 0.1) is 27.4 Å². The Hall–Kier alpha value is -2.03. The molecule has 1 heterocycles. The normalized spacial score (nSPS) is 13.7. The number of halogens is 1. The summed E-state index contributed by atoms with van der Waals surface area (Å²) in [5, 5.41) is 3.04. The van der Waals surface area contributed by atoms with E-state index in [-0.39, 0.29) is 30.8 Å². The molecule has 8 nitrogen and oxygen atoms in total. The molecular formula is C18H28ClN3O5. The third-order valence-corrected chi connectivity index (χ3v) is 4.28. The van der Waals surface area contributed by atoms with Crippen LogP contribution in [0.3, 0.4) is 0 Å². The van der Waals surface area contributed by atoms with Gasteiger partial charge in [-0.3, -0.25) is 9.59 Å². The number of nitrogens with one attached hydrogen (secondary N) is 1. The smallest absolute Gasteiger partial charge is 0.254 e. The first-order valence-corrected chi connectivity index (χ1v) is 8.58. The number of hydrogen-bond acceptors (Lipinski definition) is 6. The Morgan fingerprint density at radius 3 is 2.04 bits per heavy atom. The van der Waals surface area contributed by atoms with Gasteiger partial charge in [0.15, 0.2) is 0 Å². The highest BCUT2D eigenvalue weighted by Crippen LogP contribution is 2.23. The maximum absolute atomic E-state index is 12.7. The number of carbonyl (C=O) groups excluding carboxylic acids is 2. The fourth-order valence-electron chi connectivity index (χ4n) is 2.75. The molecule has 1 saturated heterocycles. The lowest BCUT2D eigenvalue weighted by molar-refractivity contribution is -0.131. The van der Waals surface area contributed by atoms with Gasteiger partial charge in [0.1, 0.15) is 11.5 Å². The molecule has 152 valence electrons. The van der Waals surface area contributed by atoms with Crippen molar-refractivity contribution in [2.45, 2.75) is 0 Å². The van der Waals surface area contributed by atoms with Crippen molar-refractivity contribution in [3.63, 3.8) is 0 Å². The van der Waals surface area contributed by atoms with Crippen LogP contribution in [0.2, 0.25) is 0 Å². The Morgan fingerprint density at radius 1 is 0.963 bits per heavy atom. The van der Waals surface area contributed by atoms with Crippen LogP contribution in [0.5, 0.6) is 11.5 Å². The van der Waals surface area contributed by atoms with E-state index in [0.29, 0.717) is 56.4 Å². The summed E-state index contributed by atoms with van der Waals surface area (Å²) in [5.41, 5.74) is 0.516. The molecule has 2 rings (SSSR count). The molecule has 1 aliphatic rings. The number of carbonyl (C=O) groups is 2. The maximum atomic E-state index is 12.7. The van der Waals surface area contributed by atoms with Crippen LogP contribution in [0.15, 0.2) is 18.2 Å². The number of hydrogen-bond donors (Lipinski definition) is 1. The first-order valence-electron chi connectivity index (χ1n) is 8.58. The van der Waals surface area contributed by atoms with Crippen LogP contribution in [-0.2, 0) is 9.53 Å². The second-order valence-corrected chi connectivity index (χ2v) is 5.94. The van der Waals surface area contributed by atoms with E-state index in [2.05, 4.69) is 5.32 Å². The molecule has 0 unspecified atom stereocenters. The average molecular weight is 402 g/mol. The molecule has 1 fully saturated rings. The van der Waals surface area contributed by atoms with Crippen molar-refractivity contribution in [3.8, 4) is 11.5 Å². The monoisotopic (exact) mass is 401 g/mol. The topological polar surface area (TPSA) is 80.3 Å². The first-order chi connectivity index (χ1) is 12.6. The quantitative estimate of drug-likeness (QED) is 0.644. The van der Waals surface area contributed by atoms with E-state index < -0.39 is 0 Å². The van der Waals surface area contributed by atoms with E-state index in [1.807, 2.05) is 0 Å². The Labute approximate surface area is 166 Å². The van der Waals surface area contributed by atoms with Crippen LogP contribution in [-0.4, -0.2) is 88.8 Å². The largest absolute Gasteiger partial charge is 0.497 e. The maximum Gasteiger partial charge on any atom is 0.254 e. The van der Waals surface area contributed by atoms with Gasteiger partial charge in [0.25, 0.3) is 5.91 Å². The number of ether oxygens (including phenoxy) is 3. The molecule has 0 spiro atoms. The fourth-order valence-corrected chi connectivity index (χ4v) is 2.75. The molecule has 0 aliphatic carbocycles. The van der Waals surface area contributed by atoms with E-state index in [0.717, 1.165) is 0 Å². The van der Waals surface area contributed by atoms with Gasteiger partial charge in [-0.05, 0) is 12.1 Å². The van der Waals surface area contributed by atoms with E-state index in [4.69, 9.17) is 14.2 Å². The van der Waals surface area contributed by atoms with Crippen LogP contribution in [0, 0.1) is 0 Å². The molecular weight excluding hydrogens is 374 g/mol. The Bertz CT molecular complexity index is 599. The van der Waals surface area contributed by atoms with Crippen molar-refractivity contribution in [2.24, 2.45) is 0 Å². The summed E-state index contributed by atoms with van der Waals surface area (Å²) in [5.74, 6) is 1.09. The van der Waals surface area contributed by atoms with Crippen molar-refractivity contribution >= 4 is 24.2 Å². The number of benzene rings is 1. The van der Waals surface area contributed by atoms with E-state index >= 15 is 0 Å². The minimum absolute atomic E-state index is 0. The van der Waals surface area contributed by atoms with Gasteiger partial charge >= 0.3 is 0 Å². The lowest BCUT2D eigenvalue weighted by Crippen LogP contribution is -2.52. The Balaban J connectivity index is 0.00000364. The Morgan fingerprint density at radius 2 is 1.52 bits per heavy atom. The molecule has 1 N–H and O–H groups in total. The minimum atomic E-state index is -0.0903. The molecule has 1 aromatic carbocycles. The third-order valence-electron chi connectivity index (χ3n) is 4.28. The first kappa shape index (κ1) is 23.0. The van der Waals surface area contributed by atoms with Gasteiger partial charge in [0, 0.05) is 51.5 Å². The molecule has 1 aliphatic heterocycles. The molecule has 0 radical (unpaired) electrons. The number of methoxy groups -OCH3 is 3. The molecule has 1 aromatic rings. The van der Waals surface area contributed by atoms with Gasteiger partial charge in [-0.25, -0.2) is 0 Å². The van der Waals surface area contributed by atoms with Crippen LogP contribution in [0.1, 0.15) is 10.4 Å². The van der Waals surface area contributed by atoms with Crippen molar-refractivity contribution < 1.29 is 23.8 Å². The van der Waals surface area contributed by atoms with Crippen LogP contribution in [0.25, 0.3) is 0 Å². The lowest BCUT2D eigenvalue weighted by atomic mass is 10.1. The van der Waals surface area contributed by atoms with E-state index in [1.54, 1.807) is 49.3 Å². The van der Waals surface area contributed by atoms with Gasteiger partial charge in [-0.2, -0.15) is 0 Å². The van der Waals surface area contributed by atoms with E-state index in [9.17, 15) is 9.59 Å². The lowest BCUT2D eigenvalue weighted by Gasteiger charge is -2.35. The number of piperazine rings is 1. The highest BCUT2D eigenvalue weighted by molar-refractivity contribution is 5.95.